The van der Waals surface area contributed by atoms with Crippen LogP contribution in [-0.4, -0.2) is 66.0 Å². The summed E-state index contributed by atoms with van der Waals surface area (Å²) >= 11 is 3.31. The van der Waals surface area contributed by atoms with Crippen LogP contribution in [0.5, 0.6) is 0 Å². The van der Waals surface area contributed by atoms with Gasteiger partial charge in [0.15, 0.2) is 5.78 Å². The number of rotatable bonds is 7. The molecule has 2 amide bonds. The Labute approximate surface area is 245 Å². The van der Waals surface area contributed by atoms with Crippen molar-refractivity contribution in [2.24, 2.45) is 0 Å². The van der Waals surface area contributed by atoms with Gasteiger partial charge in [0.2, 0.25) is 11.8 Å². The van der Waals surface area contributed by atoms with Gasteiger partial charge in [0.1, 0.15) is 40.7 Å². The van der Waals surface area contributed by atoms with Crippen molar-refractivity contribution in [2.75, 3.05) is 11.9 Å². The molecular formula is C29H31BrFN7O3. The van der Waals surface area contributed by atoms with Gasteiger partial charge in [-0.1, -0.05) is 26.5 Å². The van der Waals surface area contributed by atoms with E-state index in [1.807, 2.05) is 25.1 Å². The van der Waals surface area contributed by atoms with E-state index in [1.54, 1.807) is 31.5 Å². The molecule has 41 heavy (non-hydrogen) atoms. The van der Waals surface area contributed by atoms with Gasteiger partial charge in [-0.2, -0.15) is 5.10 Å². The molecule has 1 N–H and O–H groups in total. The van der Waals surface area contributed by atoms with Crippen molar-refractivity contribution in [3.63, 3.8) is 0 Å². The van der Waals surface area contributed by atoms with Crippen LogP contribution in [-0.2, 0) is 22.6 Å². The number of likely N-dealkylation sites (tertiary alicyclic amines) is 1. The number of nitrogens with zero attached hydrogens (tertiary/aromatic N) is 6. The maximum Gasteiger partial charge on any atom is 0.248 e. The maximum absolute atomic E-state index is 14.6. The average Bonchev–Trinajstić information content (AvgIpc) is 3.50. The van der Waals surface area contributed by atoms with E-state index in [0.29, 0.717) is 33.6 Å². The number of pyridine rings is 1. The number of amides is 2. The summed E-state index contributed by atoms with van der Waals surface area (Å²) in [7, 11) is 0. The van der Waals surface area contributed by atoms with E-state index in [-0.39, 0.29) is 38.4 Å². The van der Waals surface area contributed by atoms with Gasteiger partial charge in [0, 0.05) is 36.7 Å². The normalized spacial score (nSPS) is 16.5. The molecule has 4 heterocycles. The van der Waals surface area contributed by atoms with Gasteiger partial charge in [-0.15, -0.1) is 0 Å². The minimum atomic E-state index is -1.35. The number of Topliss-reactive ketones (excluding diaryl/α,β-unsaturated/α-hetero) is 1. The highest BCUT2D eigenvalue weighted by molar-refractivity contribution is 9.10. The Balaban J connectivity index is 0.00000387. The molecule has 1 aliphatic heterocycles. The predicted octanol–water partition coefficient (Wildman–Crippen LogP) is 4.94. The summed E-state index contributed by atoms with van der Waals surface area (Å²) in [6.45, 7) is 4.67. The minimum absolute atomic E-state index is 0. The Morgan fingerprint density at radius 3 is 2.54 bits per heavy atom. The fourth-order valence-corrected chi connectivity index (χ4v) is 5.18. The van der Waals surface area contributed by atoms with Crippen LogP contribution in [0.25, 0.3) is 22.0 Å². The van der Waals surface area contributed by atoms with E-state index in [1.165, 1.54) is 16.5 Å². The summed E-state index contributed by atoms with van der Waals surface area (Å²) in [5.41, 5.74) is 3.17. The topological polar surface area (TPSA) is 123 Å². The Morgan fingerprint density at radius 2 is 1.85 bits per heavy atom. The van der Waals surface area contributed by atoms with Crippen LogP contribution in [0.2, 0.25) is 0 Å². The fourth-order valence-electron chi connectivity index (χ4n) is 4.87. The molecule has 0 spiro atoms. The summed E-state index contributed by atoms with van der Waals surface area (Å²) in [5, 5.41) is 7.76. The first kappa shape index (κ1) is 29.9. The molecule has 214 valence electrons. The molecule has 0 aliphatic carbocycles. The minimum Gasteiger partial charge on any atom is -0.326 e. The smallest absolute Gasteiger partial charge is 0.248 e. The second kappa shape index (κ2) is 12.2. The number of aryl methyl sites for hydroxylation is 2. The molecule has 1 aromatic carbocycles. The number of fused-ring (bicyclic) bond motifs is 1. The summed E-state index contributed by atoms with van der Waals surface area (Å²) in [6.07, 6.45) is 2.57. The molecule has 0 unspecified atom stereocenters. The van der Waals surface area contributed by atoms with Crippen molar-refractivity contribution in [1.82, 2.24) is 29.6 Å². The molecule has 12 heteroatoms. The second-order valence-corrected chi connectivity index (χ2v) is 10.5. The third kappa shape index (κ3) is 6.17. The molecule has 0 radical (unpaired) electrons. The van der Waals surface area contributed by atoms with Crippen LogP contribution in [0, 0.1) is 6.92 Å². The number of anilines is 1. The number of hydrogen-bond donors (Lipinski definition) is 1. The van der Waals surface area contributed by atoms with Crippen LogP contribution in [0.3, 0.4) is 0 Å². The van der Waals surface area contributed by atoms with E-state index in [9.17, 15) is 18.8 Å². The van der Waals surface area contributed by atoms with E-state index in [0.717, 1.165) is 16.7 Å². The molecule has 5 rings (SSSR count). The molecule has 10 nitrogen and oxygen atoms in total. The average molecular weight is 625 g/mol. The fraction of sp³-hybridized carbons (Fsp3) is 0.345. The highest BCUT2D eigenvalue weighted by Crippen LogP contribution is 2.28. The Hall–Kier alpha value is -4.06. The second-order valence-electron chi connectivity index (χ2n) is 9.69. The molecule has 4 aromatic rings. The van der Waals surface area contributed by atoms with E-state index in [2.05, 4.69) is 41.3 Å². The number of carbonyl (C=O) groups is 3. The van der Waals surface area contributed by atoms with Crippen molar-refractivity contribution in [3.05, 3.63) is 64.4 Å². The lowest BCUT2D eigenvalue weighted by molar-refractivity contribution is -0.137. The number of alkyl halides is 1. The van der Waals surface area contributed by atoms with Crippen LogP contribution in [0.1, 0.15) is 49.6 Å². The van der Waals surface area contributed by atoms with Crippen LogP contribution < -0.4 is 5.32 Å². The van der Waals surface area contributed by atoms with Gasteiger partial charge in [0.25, 0.3) is 0 Å². The molecule has 2 atom stereocenters. The zero-order valence-corrected chi connectivity index (χ0v) is 23.8. The standard InChI is InChI=1S/C28H27BrFN7O3.CH4/c1-4-17-6-8-24(29)33-27(17)34-28(40)23-10-20(30)13-36(23)25(39)14-37-22-7-5-18(19-11-31-16(3)32-12-19)9-21(22)26(35-37)15(2)38;/h5-9,11-12,20,23H,4,10,13-14H2,1-3H3,(H,33,34,40);1H4/t20-,23+;/m1./s1. The van der Waals surface area contributed by atoms with E-state index < -0.39 is 24.0 Å². The monoisotopic (exact) mass is 623 g/mol. The number of aromatic nitrogens is 5. The lowest BCUT2D eigenvalue weighted by Crippen LogP contribution is -2.44. The highest BCUT2D eigenvalue weighted by Gasteiger charge is 2.40. The van der Waals surface area contributed by atoms with Crippen molar-refractivity contribution in [1.29, 1.82) is 0 Å². The van der Waals surface area contributed by atoms with Crippen molar-refractivity contribution < 1.29 is 18.8 Å². The highest BCUT2D eigenvalue weighted by atomic mass is 79.9. The van der Waals surface area contributed by atoms with Crippen molar-refractivity contribution in [2.45, 2.75) is 59.8 Å². The Bertz CT molecular complexity index is 1620. The molecule has 1 saturated heterocycles. The number of halogens is 2. The summed E-state index contributed by atoms with van der Waals surface area (Å²) in [6, 6.07) is 8.04. The zero-order valence-electron chi connectivity index (χ0n) is 22.2. The van der Waals surface area contributed by atoms with E-state index in [4.69, 9.17) is 0 Å². The van der Waals surface area contributed by atoms with Gasteiger partial charge < -0.3 is 10.2 Å². The van der Waals surface area contributed by atoms with Gasteiger partial charge in [-0.3, -0.25) is 19.1 Å². The van der Waals surface area contributed by atoms with Crippen molar-refractivity contribution >= 4 is 50.2 Å². The molecule has 0 bridgehead atoms. The first-order chi connectivity index (χ1) is 19.1. The number of hydrogen-bond acceptors (Lipinski definition) is 7. The summed E-state index contributed by atoms with van der Waals surface area (Å²) < 4.78 is 16.5. The van der Waals surface area contributed by atoms with Gasteiger partial charge in [0.05, 0.1) is 12.1 Å². The van der Waals surface area contributed by atoms with Gasteiger partial charge >= 0.3 is 0 Å². The largest absolute Gasteiger partial charge is 0.326 e. The first-order valence-electron chi connectivity index (χ1n) is 12.8. The quantitative estimate of drug-likeness (QED) is 0.228. The van der Waals surface area contributed by atoms with E-state index >= 15 is 0 Å². The van der Waals surface area contributed by atoms with Gasteiger partial charge in [-0.25, -0.2) is 19.3 Å². The van der Waals surface area contributed by atoms with Gasteiger partial charge in [-0.05, 0) is 58.6 Å². The number of carbonyl (C=O) groups excluding carboxylic acids is 3. The zero-order chi connectivity index (χ0) is 28.6. The van der Waals surface area contributed by atoms with Crippen LogP contribution >= 0.6 is 15.9 Å². The Kier molecular flexibility index (Phi) is 8.91. The lowest BCUT2D eigenvalue weighted by Gasteiger charge is -2.24. The molecular weight excluding hydrogens is 593 g/mol. The summed E-state index contributed by atoms with van der Waals surface area (Å²) in [4.78, 5) is 53.1. The number of benzene rings is 1. The number of nitrogens with one attached hydrogen (secondary N) is 1. The molecule has 3 aromatic heterocycles. The third-order valence-corrected chi connectivity index (χ3v) is 7.37. The van der Waals surface area contributed by atoms with Crippen LogP contribution in [0.4, 0.5) is 10.2 Å². The first-order valence-corrected chi connectivity index (χ1v) is 13.6. The predicted molar refractivity (Wildman–Crippen MR) is 157 cm³/mol. The summed E-state index contributed by atoms with van der Waals surface area (Å²) in [5.74, 6) is -0.231. The lowest BCUT2D eigenvalue weighted by atomic mass is 10.0. The van der Waals surface area contributed by atoms with Crippen molar-refractivity contribution in [3.8, 4) is 11.1 Å². The molecule has 1 fully saturated rings. The molecule has 0 saturated carbocycles. The molecule has 1 aliphatic rings. The third-order valence-electron chi connectivity index (χ3n) is 6.92. The number of ketones is 1. The Morgan fingerprint density at radius 1 is 1.12 bits per heavy atom. The SMILES string of the molecule is C.CCc1ccc(Br)nc1NC(=O)[C@@H]1C[C@@H](F)CN1C(=O)Cn1nc(C(C)=O)c2cc(-c3cnc(C)nc3)ccc21. The maximum atomic E-state index is 14.6. The van der Waals surface area contributed by atoms with Crippen LogP contribution in [0.15, 0.2) is 47.3 Å².